The molecule has 17 heavy (non-hydrogen) atoms. The molecule has 0 saturated heterocycles. The Morgan fingerprint density at radius 2 is 2.12 bits per heavy atom. The van der Waals surface area contributed by atoms with Gasteiger partial charge < -0.3 is 15.8 Å². The molecular formula is C11H14ClFN2O2. The second-order valence-corrected chi connectivity index (χ2v) is 3.99. The number of methoxy groups -OCH3 is 1. The van der Waals surface area contributed by atoms with Crippen molar-refractivity contribution in [3.8, 4) is 5.75 Å². The first-order valence-electron chi connectivity index (χ1n) is 4.98. The van der Waals surface area contributed by atoms with E-state index in [0.717, 1.165) is 0 Å². The number of carbonyl (C=O) groups is 1. The Labute approximate surface area is 105 Å². The van der Waals surface area contributed by atoms with E-state index in [1.807, 2.05) is 0 Å². The molecule has 0 atom stereocenters. The van der Waals surface area contributed by atoms with Gasteiger partial charge in [0.15, 0.2) is 0 Å². The van der Waals surface area contributed by atoms with Gasteiger partial charge in [-0.1, -0.05) is 0 Å². The van der Waals surface area contributed by atoms with Gasteiger partial charge in [-0.2, -0.15) is 0 Å². The highest BCUT2D eigenvalue weighted by Gasteiger charge is 2.45. The summed E-state index contributed by atoms with van der Waals surface area (Å²) < 4.78 is 18.0. The Hall–Kier alpha value is -1.33. The molecule has 1 saturated carbocycles. The number of amides is 1. The number of benzene rings is 1. The molecule has 1 fully saturated rings. The fraction of sp³-hybridized carbons (Fsp3) is 0.364. The molecule has 6 heteroatoms. The fourth-order valence-electron chi connectivity index (χ4n) is 1.37. The largest absolute Gasteiger partial charge is 0.497 e. The van der Waals surface area contributed by atoms with Crippen molar-refractivity contribution in [3.63, 3.8) is 0 Å². The molecule has 1 aromatic carbocycles. The minimum absolute atomic E-state index is 0. The van der Waals surface area contributed by atoms with Crippen LogP contribution in [0.3, 0.4) is 0 Å². The van der Waals surface area contributed by atoms with Crippen LogP contribution in [0.2, 0.25) is 0 Å². The summed E-state index contributed by atoms with van der Waals surface area (Å²) >= 11 is 0. The van der Waals surface area contributed by atoms with E-state index in [1.165, 1.54) is 19.2 Å². The van der Waals surface area contributed by atoms with E-state index < -0.39 is 11.4 Å². The summed E-state index contributed by atoms with van der Waals surface area (Å²) in [6.45, 7) is 0. The van der Waals surface area contributed by atoms with E-state index in [1.54, 1.807) is 6.07 Å². The Bertz CT molecular complexity index is 435. The third-order valence-electron chi connectivity index (χ3n) is 2.61. The number of hydrogen-bond donors (Lipinski definition) is 2. The lowest BCUT2D eigenvalue weighted by atomic mass is 10.2. The molecule has 0 spiro atoms. The van der Waals surface area contributed by atoms with Crippen molar-refractivity contribution >= 4 is 24.0 Å². The highest BCUT2D eigenvalue weighted by atomic mass is 35.5. The molecule has 1 aromatic rings. The molecule has 94 valence electrons. The first kappa shape index (κ1) is 13.7. The van der Waals surface area contributed by atoms with E-state index in [0.29, 0.717) is 24.3 Å². The number of carbonyl (C=O) groups excluding carboxylic acids is 1. The van der Waals surface area contributed by atoms with Crippen LogP contribution in [0.4, 0.5) is 10.1 Å². The van der Waals surface area contributed by atoms with Crippen molar-refractivity contribution in [2.75, 3.05) is 12.4 Å². The maximum absolute atomic E-state index is 13.1. The molecular weight excluding hydrogens is 247 g/mol. The zero-order valence-corrected chi connectivity index (χ0v) is 10.1. The van der Waals surface area contributed by atoms with Gasteiger partial charge in [0, 0.05) is 17.8 Å². The minimum atomic E-state index is -0.764. The highest BCUT2D eigenvalue weighted by Crippen LogP contribution is 2.33. The number of nitrogens with one attached hydrogen (secondary N) is 1. The standard InChI is InChI=1S/C11H13FN2O2.ClH/c1-16-9-5-7(12)4-8(6-9)14-10(15)11(13)2-3-11;/h4-6H,2-3,13H2,1H3,(H,14,15);1H. The van der Waals surface area contributed by atoms with Gasteiger partial charge >= 0.3 is 0 Å². The van der Waals surface area contributed by atoms with Crippen LogP contribution >= 0.6 is 12.4 Å². The molecule has 0 aromatic heterocycles. The molecule has 0 aliphatic heterocycles. The third-order valence-corrected chi connectivity index (χ3v) is 2.61. The minimum Gasteiger partial charge on any atom is -0.497 e. The predicted octanol–water partition coefficient (Wildman–Crippen LogP) is 1.69. The summed E-state index contributed by atoms with van der Waals surface area (Å²) in [5.74, 6) is -0.381. The number of nitrogens with two attached hydrogens (primary N) is 1. The van der Waals surface area contributed by atoms with Crippen LogP contribution < -0.4 is 15.8 Å². The van der Waals surface area contributed by atoms with Gasteiger partial charge in [0.2, 0.25) is 5.91 Å². The molecule has 1 aliphatic rings. The van der Waals surface area contributed by atoms with Crippen molar-refractivity contribution in [2.24, 2.45) is 5.73 Å². The Balaban J connectivity index is 0.00000144. The summed E-state index contributed by atoms with van der Waals surface area (Å²) in [4.78, 5) is 11.6. The smallest absolute Gasteiger partial charge is 0.244 e. The second-order valence-electron chi connectivity index (χ2n) is 3.99. The lowest BCUT2D eigenvalue weighted by molar-refractivity contribution is -0.118. The second kappa shape index (κ2) is 4.89. The van der Waals surface area contributed by atoms with Gasteiger partial charge in [0.1, 0.15) is 11.6 Å². The van der Waals surface area contributed by atoms with Gasteiger partial charge in [-0.15, -0.1) is 12.4 Å². The summed E-state index contributed by atoms with van der Waals surface area (Å²) in [7, 11) is 1.44. The van der Waals surface area contributed by atoms with Crippen molar-refractivity contribution in [2.45, 2.75) is 18.4 Å². The molecule has 0 unspecified atom stereocenters. The van der Waals surface area contributed by atoms with Crippen LogP contribution in [-0.2, 0) is 4.79 Å². The fourth-order valence-corrected chi connectivity index (χ4v) is 1.37. The van der Waals surface area contributed by atoms with E-state index in [2.05, 4.69) is 5.32 Å². The van der Waals surface area contributed by atoms with Crippen molar-refractivity contribution in [1.29, 1.82) is 0 Å². The quantitative estimate of drug-likeness (QED) is 0.869. The Morgan fingerprint density at radius 1 is 1.47 bits per heavy atom. The van der Waals surface area contributed by atoms with E-state index in [9.17, 15) is 9.18 Å². The van der Waals surface area contributed by atoms with Gasteiger partial charge in [-0.25, -0.2) is 4.39 Å². The zero-order valence-electron chi connectivity index (χ0n) is 9.33. The molecule has 1 amide bonds. The summed E-state index contributed by atoms with van der Waals surface area (Å²) in [5.41, 5.74) is 5.30. The highest BCUT2D eigenvalue weighted by molar-refractivity contribution is 6.00. The summed E-state index contributed by atoms with van der Waals surface area (Å²) in [6, 6.07) is 4.02. The lowest BCUT2D eigenvalue weighted by Gasteiger charge is -2.11. The van der Waals surface area contributed by atoms with E-state index >= 15 is 0 Å². The first-order valence-corrected chi connectivity index (χ1v) is 4.98. The van der Waals surface area contributed by atoms with Crippen molar-refractivity contribution < 1.29 is 13.9 Å². The number of ether oxygens (including phenoxy) is 1. The molecule has 2 rings (SSSR count). The van der Waals surface area contributed by atoms with Gasteiger partial charge in [0.25, 0.3) is 0 Å². The zero-order chi connectivity index (χ0) is 11.8. The van der Waals surface area contributed by atoms with Gasteiger partial charge in [-0.05, 0) is 18.9 Å². The molecule has 0 radical (unpaired) electrons. The van der Waals surface area contributed by atoms with E-state index in [4.69, 9.17) is 10.5 Å². The predicted molar refractivity (Wildman–Crippen MR) is 65.0 cm³/mol. The number of halogens is 2. The topological polar surface area (TPSA) is 64.3 Å². The summed E-state index contributed by atoms with van der Waals surface area (Å²) in [5, 5.41) is 2.58. The molecule has 3 N–H and O–H groups in total. The third kappa shape index (κ3) is 3.08. The molecule has 4 nitrogen and oxygen atoms in total. The molecule has 0 heterocycles. The van der Waals surface area contributed by atoms with Crippen molar-refractivity contribution in [1.82, 2.24) is 0 Å². The van der Waals surface area contributed by atoms with E-state index in [-0.39, 0.29) is 18.3 Å². The van der Waals surface area contributed by atoms with Crippen LogP contribution in [0, 0.1) is 5.82 Å². The summed E-state index contributed by atoms with van der Waals surface area (Å²) in [6.07, 6.45) is 1.34. The number of hydrogen-bond acceptors (Lipinski definition) is 3. The lowest BCUT2D eigenvalue weighted by Crippen LogP contribution is -2.37. The Kier molecular flexibility index (Phi) is 3.95. The van der Waals surface area contributed by atoms with Crippen LogP contribution in [-0.4, -0.2) is 18.6 Å². The van der Waals surface area contributed by atoms with Crippen LogP contribution in [0.25, 0.3) is 0 Å². The number of anilines is 1. The van der Waals surface area contributed by atoms with Crippen LogP contribution in [0.1, 0.15) is 12.8 Å². The number of rotatable bonds is 3. The Morgan fingerprint density at radius 3 is 2.65 bits per heavy atom. The monoisotopic (exact) mass is 260 g/mol. The van der Waals surface area contributed by atoms with Crippen LogP contribution in [0.5, 0.6) is 5.75 Å². The SMILES string of the molecule is COc1cc(F)cc(NC(=O)C2(N)CC2)c1.Cl. The van der Waals surface area contributed by atoms with Gasteiger partial charge in [-0.3, -0.25) is 4.79 Å². The normalized spacial score (nSPS) is 15.7. The average Bonchev–Trinajstić information content (AvgIpc) is 2.97. The maximum atomic E-state index is 13.1. The first-order chi connectivity index (χ1) is 7.53. The molecule has 0 bridgehead atoms. The van der Waals surface area contributed by atoms with Crippen molar-refractivity contribution in [3.05, 3.63) is 24.0 Å². The van der Waals surface area contributed by atoms with Gasteiger partial charge in [0.05, 0.1) is 12.6 Å². The average molecular weight is 261 g/mol. The van der Waals surface area contributed by atoms with Crippen LogP contribution in [0.15, 0.2) is 18.2 Å². The maximum Gasteiger partial charge on any atom is 0.244 e. The molecule has 1 aliphatic carbocycles.